The zero-order chi connectivity index (χ0) is 8.91. The van der Waals surface area contributed by atoms with Gasteiger partial charge in [-0.1, -0.05) is 6.92 Å². The molecule has 0 aliphatic heterocycles. The Morgan fingerprint density at radius 1 is 1.45 bits per heavy atom. The Balaban J connectivity index is 3.81. The topological polar surface area (TPSA) is 9.23 Å². The van der Waals surface area contributed by atoms with Crippen LogP contribution in [-0.2, 0) is 4.74 Å². The summed E-state index contributed by atoms with van der Waals surface area (Å²) < 4.78 is 5.08. The van der Waals surface area contributed by atoms with Crippen molar-refractivity contribution < 1.29 is 4.74 Å². The molecule has 11 heavy (non-hydrogen) atoms. The summed E-state index contributed by atoms with van der Waals surface area (Å²) in [6.07, 6.45) is 2.49. The molecule has 0 amide bonds. The van der Waals surface area contributed by atoms with Gasteiger partial charge in [0.05, 0.1) is 6.61 Å². The standard InChI is InChI=1S/C6H11Cl3OP/c1-3-4-10-5-6(2)11(7,8)9/h5H,3-4H2,1-2H3/q+1/b6-5+. The highest BCUT2D eigenvalue weighted by Gasteiger charge is 2.36. The number of hydrogen-bond donors (Lipinski definition) is 0. The van der Waals surface area contributed by atoms with E-state index in [1.165, 1.54) is 6.26 Å². The maximum absolute atomic E-state index is 5.66. The zero-order valence-corrected chi connectivity index (χ0v) is 9.64. The van der Waals surface area contributed by atoms with Gasteiger partial charge in [0.1, 0.15) is 40.0 Å². The fourth-order valence-electron chi connectivity index (χ4n) is 0.357. The molecule has 0 N–H and O–H groups in total. The fraction of sp³-hybridized carbons (Fsp3) is 0.667. The largest absolute Gasteiger partial charge is 0.497 e. The first-order chi connectivity index (χ1) is 4.98. The predicted octanol–water partition coefficient (Wildman–Crippen LogP) is 4.75. The summed E-state index contributed by atoms with van der Waals surface area (Å²) in [5.41, 5.74) is 0. The minimum absolute atomic E-state index is 0.669. The Hall–Kier alpha value is 0.840. The summed E-state index contributed by atoms with van der Waals surface area (Å²) in [5.74, 6) is 0. The molecule has 0 heterocycles. The molecule has 0 spiro atoms. The molecule has 0 fully saturated rings. The SMILES string of the molecule is CCCO/C=C(\C)[P+](Cl)(Cl)Cl. The minimum atomic E-state index is -2.39. The smallest absolute Gasteiger partial charge is 0.338 e. The van der Waals surface area contributed by atoms with E-state index >= 15 is 0 Å². The van der Waals surface area contributed by atoms with Crippen LogP contribution in [0.3, 0.4) is 0 Å². The summed E-state index contributed by atoms with van der Waals surface area (Å²) in [4.78, 5) is 0. The van der Waals surface area contributed by atoms with Gasteiger partial charge in [0, 0.05) is 6.92 Å². The van der Waals surface area contributed by atoms with E-state index in [1.807, 2.05) is 6.92 Å². The van der Waals surface area contributed by atoms with Crippen LogP contribution in [-0.4, -0.2) is 6.61 Å². The molecule has 0 aromatic rings. The van der Waals surface area contributed by atoms with Gasteiger partial charge in [-0.3, -0.25) is 0 Å². The highest BCUT2D eigenvalue weighted by atomic mass is 36.1. The molecule has 0 aliphatic carbocycles. The van der Waals surface area contributed by atoms with E-state index in [0.29, 0.717) is 11.9 Å². The maximum atomic E-state index is 5.66. The number of rotatable bonds is 4. The van der Waals surface area contributed by atoms with E-state index in [9.17, 15) is 0 Å². The van der Waals surface area contributed by atoms with Crippen LogP contribution in [0.5, 0.6) is 0 Å². The second-order valence-corrected chi connectivity index (χ2v) is 9.79. The van der Waals surface area contributed by atoms with Crippen molar-refractivity contribution in [2.24, 2.45) is 0 Å². The minimum Gasteiger partial charge on any atom is -0.497 e. The van der Waals surface area contributed by atoms with Gasteiger partial charge in [0.25, 0.3) is 0 Å². The molecular formula is C6H11Cl3OP+. The molecule has 0 saturated carbocycles. The lowest BCUT2D eigenvalue weighted by Gasteiger charge is -2.00. The number of halogens is 3. The molecule has 1 nitrogen and oxygen atoms in total. The fourth-order valence-corrected chi connectivity index (χ4v) is 0.910. The van der Waals surface area contributed by atoms with Crippen molar-refractivity contribution in [1.29, 1.82) is 0 Å². The van der Waals surface area contributed by atoms with E-state index in [2.05, 4.69) is 0 Å². The molecule has 0 bridgehead atoms. The molecule has 0 aromatic heterocycles. The average molecular weight is 236 g/mol. The van der Waals surface area contributed by atoms with Crippen LogP contribution < -0.4 is 0 Å². The van der Waals surface area contributed by atoms with Crippen molar-refractivity contribution in [3.05, 3.63) is 11.6 Å². The van der Waals surface area contributed by atoms with Crippen molar-refractivity contribution in [3.63, 3.8) is 0 Å². The van der Waals surface area contributed by atoms with E-state index in [1.54, 1.807) is 6.92 Å². The van der Waals surface area contributed by atoms with Gasteiger partial charge in [-0.05, 0) is 6.42 Å². The van der Waals surface area contributed by atoms with Crippen LogP contribution in [0.15, 0.2) is 11.6 Å². The first-order valence-corrected chi connectivity index (χ1v) is 7.75. The quantitative estimate of drug-likeness (QED) is 0.389. The zero-order valence-electron chi connectivity index (χ0n) is 6.48. The lowest BCUT2D eigenvalue weighted by molar-refractivity contribution is 0.248. The van der Waals surface area contributed by atoms with Crippen molar-refractivity contribution in [1.82, 2.24) is 0 Å². The second kappa shape index (κ2) is 5.48. The molecule has 0 aromatic carbocycles. The van der Waals surface area contributed by atoms with Gasteiger partial charge in [-0.15, -0.1) is 0 Å². The number of allylic oxidation sites excluding steroid dienone is 1. The van der Waals surface area contributed by atoms with Crippen LogP contribution >= 0.6 is 39.0 Å². The van der Waals surface area contributed by atoms with Crippen LogP contribution in [0.2, 0.25) is 0 Å². The van der Waals surface area contributed by atoms with E-state index < -0.39 is 5.32 Å². The third-order valence-corrected chi connectivity index (χ3v) is 4.28. The Bertz CT molecular complexity index is 141. The molecule has 0 rings (SSSR count). The average Bonchev–Trinajstić information content (AvgIpc) is 1.86. The summed E-state index contributed by atoms with van der Waals surface area (Å²) in [7, 11) is 0. The van der Waals surface area contributed by atoms with Crippen molar-refractivity contribution >= 4 is 39.0 Å². The monoisotopic (exact) mass is 235 g/mol. The first kappa shape index (κ1) is 11.8. The Morgan fingerprint density at radius 2 is 2.00 bits per heavy atom. The Labute approximate surface area is 82.4 Å². The van der Waals surface area contributed by atoms with Gasteiger partial charge in [-0.2, -0.15) is 0 Å². The van der Waals surface area contributed by atoms with Gasteiger partial charge in [0.2, 0.25) is 0 Å². The normalized spacial score (nSPS) is 13.4. The molecule has 0 saturated heterocycles. The third kappa shape index (κ3) is 6.04. The highest BCUT2D eigenvalue weighted by molar-refractivity contribution is 8.35. The molecular weight excluding hydrogens is 225 g/mol. The van der Waals surface area contributed by atoms with Crippen LogP contribution in [0.4, 0.5) is 0 Å². The molecule has 0 aliphatic rings. The van der Waals surface area contributed by atoms with E-state index in [0.717, 1.165) is 6.42 Å². The summed E-state index contributed by atoms with van der Waals surface area (Å²) in [6.45, 7) is 4.45. The van der Waals surface area contributed by atoms with Gasteiger partial charge in [-0.25, -0.2) is 0 Å². The molecule has 0 unspecified atom stereocenters. The molecule has 5 heteroatoms. The van der Waals surface area contributed by atoms with Crippen molar-refractivity contribution in [2.45, 2.75) is 20.3 Å². The Morgan fingerprint density at radius 3 is 2.36 bits per heavy atom. The predicted molar refractivity (Wildman–Crippen MR) is 54.5 cm³/mol. The van der Waals surface area contributed by atoms with E-state index in [-0.39, 0.29) is 0 Å². The lowest BCUT2D eigenvalue weighted by atomic mass is 10.5. The van der Waals surface area contributed by atoms with Crippen molar-refractivity contribution in [3.8, 4) is 0 Å². The molecule has 66 valence electrons. The van der Waals surface area contributed by atoms with E-state index in [4.69, 9.17) is 38.5 Å². The van der Waals surface area contributed by atoms with Gasteiger partial charge < -0.3 is 4.74 Å². The lowest BCUT2D eigenvalue weighted by Crippen LogP contribution is -1.84. The highest BCUT2D eigenvalue weighted by Crippen LogP contribution is 2.79. The van der Waals surface area contributed by atoms with Gasteiger partial charge in [0.15, 0.2) is 5.31 Å². The Kier molecular flexibility index (Phi) is 5.90. The summed E-state index contributed by atoms with van der Waals surface area (Å²) in [6, 6.07) is 0. The second-order valence-electron chi connectivity index (χ2n) is 2.08. The number of ether oxygens (including phenoxy) is 1. The third-order valence-electron chi connectivity index (χ3n) is 0.976. The summed E-state index contributed by atoms with van der Waals surface area (Å²) in [5, 5.41) is -1.69. The van der Waals surface area contributed by atoms with Crippen LogP contribution in [0.25, 0.3) is 0 Å². The number of hydrogen-bond acceptors (Lipinski definition) is 1. The van der Waals surface area contributed by atoms with Crippen LogP contribution in [0, 0.1) is 0 Å². The van der Waals surface area contributed by atoms with Gasteiger partial charge >= 0.3 is 5.32 Å². The maximum Gasteiger partial charge on any atom is 0.338 e. The van der Waals surface area contributed by atoms with Crippen molar-refractivity contribution in [2.75, 3.05) is 6.61 Å². The molecule has 0 radical (unpaired) electrons. The molecule has 0 atom stereocenters. The first-order valence-electron chi connectivity index (χ1n) is 3.25. The van der Waals surface area contributed by atoms with Crippen LogP contribution in [0.1, 0.15) is 20.3 Å². The summed E-state index contributed by atoms with van der Waals surface area (Å²) >= 11 is 17.0.